The Bertz CT molecular complexity index is 1260. The smallest absolute Gasteiger partial charge is 0.303 e. The summed E-state index contributed by atoms with van der Waals surface area (Å²) in [4.78, 5) is 38.0. The van der Waals surface area contributed by atoms with Crippen LogP contribution in [-0.4, -0.2) is 56.5 Å². The molecule has 6 rings (SSSR count). The van der Waals surface area contributed by atoms with E-state index in [0.29, 0.717) is 23.8 Å². The lowest BCUT2D eigenvalue weighted by molar-refractivity contribution is -0.136. The van der Waals surface area contributed by atoms with Crippen molar-refractivity contribution in [1.82, 2.24) is 14.5 Å². The third kappa shape index (κ3) is 5.37. The number of nitrogens with zero attached hydrogens (tertiary/aromatic N) is 4. The van der Waals surface area contributed by atoms with Gasteiger partial charge in [0, 0.05) is 30.6 Å². The molecule has 8 heteroatoms. The third-order valence-corrected chi connectivity index (χ3v) is 9.99. The zero-order chi connectivity index (χ0) is 26.9. The van der Waals surface area contributed by atoms with Crippen molar-refractivity contribution in [2.45, 2.75) is 114 Å². The summed E-state index contributed by atoms with van der Waals surface area (Å²) < 4.78 is 1.97. The molecule has 39 heavy (non-hydrogen) atoms. The SMILES string of the molecule is CO/N=C(\CCC(=O)O)c1nc2ccccc2n(C2C[C@H]3CCC[C@@H](C2)N3C2CC3CCCCC(C3)C2)c1=O. The summed E-state index contributed by atoms with van der Waals surface area (Å²) in [6.45, 7) is 0. The summed E-state index contributed by atoms with van der Waals surface area (Å²) in [6.07, 6.45) is 15.4. The summed E-state index contributed by atoms with van der Waals surface area (Å²) in [5.74, 6) is 0.851. The first-order valence-corrected chi connectivity index (χ1v) is 15.1. The van der Waals surface area contributed by atoms with E-state index in [1.54, 1.807) is 0 Å². The zero-order valence-corrected chi connectivity index (χ0v) is 23.1. The first-order valence-electron chi connectivity index (χ1n) is 15.1. The number of carboxylic acids is 1. The van der Waals surface area contributed by atoms with E-state index in [1.165, 1.54) is 71.3 Å². The van der Waals surface area contributed by atoms with Crippen molar-refractivity contribution in [3.05, 3.63) is 40.3 Å². The van der Waals surface area contributed by atoms with Crippen LogP contribution in [0.4, 0.5) is 0 Å². The van der Waals surface area contributed by atoms with Crippen molar-refractivity contribution in [3.63, 3.8) is 0 Å². The molecule has 8 nitrogen and oxygen atoms in total. The number of aliphatic carboxylic acids is 1. The predicted molar refractivity (Wildman–Crippen MR) is 151 cm³/mol. The van der Waals surface area contributed by atoms with Crippen LogP contribution in [0.1, 0.15) is 102 Å². The van der Waals surface area contributed by atoms with Crippen LogP contribution in [0.2, 0.25) is 0 Å². The summed E-state index contributed by atoms with van der Waals surface area (Å²) in [5.41, 5.74) is 1.90. The van der Waals surface area contributed by atoms with Gasteiger partial charge in [0.05, 0.1) is 17.5 Å². The van der Waals surface area contributed by atoms with Crippen molar-refractivity contribution >= 4 is 22.7 Å². The average Bonchev–Trinajstić information content (AvgIpc) is 3.09. The molecular weight excluding hydrogens is 492 g/mol. The summed E-state index contributed by atoms with van der Waals surface area (Å²) in [7, 11) is 1.42. The Labute approximate surface area is 230 Å². The van der Waals surface area contributed by atoms with Gasteiger partial charge in [-0.2, -0.15) is 0 Å². The maximum absolute atomic E-state index is 14.1. The largest absolute Gasteiger partial charge is 0.481 e. The fourth-order valence-corrected chi connectivity index (χ4v) is 8.55. The fourth-order valence-electron chi connectivity index (χ4n) is 8.55. The molecule has 3 heterocycles. The number of rotatable bonds is 7. The van der Waals surface area contributed by atoms with E-state index in [-0.39, 0.29) is 30.1 Å². The molecule has 2 aliphatic heterocycles. The number of oxime groups is 1. The number of hydrogen-bond donors (Lipinski definition) is 1. The van der Waals surface area contributed by atoms with Crippen molar-refractivity contribution in [3.8, 4) is 0 Å². The maximum atomic E-state index is 14.1. The minimum absolute atomic E-state index is 0.0878. The summed E-state index contributed by atoms with van der Waals surface area (Å²) in [5, 5.41) is 13.3. The van der Waals surface area contributed by atoms with Crippen LogP contribution >= 0.6 is 0 Å². The van der Waals surface area contributed by atoms with Crippen molar-refractivity contribution in [2.24, 2.45) is 17.0 Å². The number of fused-ring (bicyclic) bond motifs is 5. The van der Waals surface area contributed by atoms with Crippen LogP contribution < -0.4 is 5.56 Å². The Hall–Kier alpha value is -2.74. The number of hydrogen-bond acceptors (Lipinski definition) is 6. The van der Waals surface area contributed by atoms with Gasteiger partial charge in [-0.3, -0.25) is 14.5 Å². The van der Waals surface area contributed by atoms with Gasteiger partial charge in [-0.25, -0.2) is 4.98 Å². The molecule has 210 valence electrons. The van der Waals surface area contributed by atoms with Gasteiger partial charge in [0.2, 0.25) is 0 Å². The number of benzene rings is 1. The van der Waals surface area contributed by atoms with Gasteiger partial charge in [-0.15, -0.1) is 0 Å². The van der Waals surface area contributed by atoms with Crippen molar-refractivity contribution in [1.29, 1.82) is 0 Å². The minimum Gasteiger partial charge on any atom is -0.481 e. The van der Waals surface area contributed by atoms with Gasteiger partial charge in [0.15, 0.2) is 5.69 Å². The number of piperidine rings is 2. The van der Waals surface area contributed by atoms with Crippen molar-refractivity contribution < 1.29 is 14.7 Å². The predicted octanol–water partition coefficient (Wildman–Crippen LogP) is 5.53. The van der Waals surface area contributed by atoms with Gasteiger partial charge >= 0.3 is 5.97 Å². The second-order valence-corrected chi connectivity index (χ2v) is 12.4. The highest BCUT2D eigenvalue weighted by molar-refractivity contribution is 6.00. The van der Waals surface area contributed by atoms with E-state index in [2.05, 4.69) is 15.0 Å². The molecule has 0 amide bonds. The molecule has 5 atom stereocenters. The van der Waals surface area contributed by atoms with Crippen LogP contribution in [-0.2, 0) is 9.63 Å². The van der Waals surface area contributed by atoms with Crippen LogP contribution in [0.3, 0.4) is 0 Å². The van der Waals surface area contributed by atoms with E-state index in [1.807, 2.05) is 28.8 Å². The van der Waals surface area contributed by atoms with Gasteiger partial charge in [0.25, 0.3) is 5.56 Å². The molecule has 1 aromatic heterocycles. The van der Waals surface area contributed by atoms with Gasteiger partial charge in [-0.1, -0.05) is 49.4 Å². The number of carbonyl (C=O) groups is 1. The van der Waals surface area contributed by atoms with Crippen molar-refractivity contribution in [2.75, 3.05) is 7.11 Å². The standard InChI is InChI=1S/C31H42N4O4/c1-39-33-27(13-14-29(36)37)30-31(38)35(28-12-5-4-11-26(28)32-30)25-18-22-9-6-10-23(19-25)34(22)24-16-20-7-2-3-8-21(15-20)17-24/h4-5,11-12,20-25H,2-3,6-10,13-19H2,1H3,(H,36,37)/b33-27+/t20?,21?,22-,23+,24?,25?. The third-order valence-electron chi connectivity index (χ3n) is 9.99. The normalized spacial score (nSPS) is 31.6. The molecule has 4 fully saturated rings. The Morgan fingerprint density at radius 1 is 0.923 bits per heavy atom. The number of para-hydroxylation sites is 2. The Kier molecular flexibility index (Phi) is 7.74. The molecule has 2 aliphatic carbocycles. The van der Waals surface area contributed by atoms with E-state index >= 15 is 0 Å². The summed E-state index contributed by atoms with van der Waals surface area (Å²) in [6, 6.07) is 9.61. The van der Waals surface area contributed by atoms with E-state index in [4.69, 9.17) is 4.84 Å². The number of aromatic nitrogens is 2. The lowest BCUT2D eigenvalue weighted by Crippen LogP contribution is -2.58. The quantitative estimate of drug-likeness (QED) is 0.371. The van der Waals surface area contributed by atoms with Crippen LogP contribution in [0, 0.1) is 11.8 Å². The highest BCUT2D eigenvalue weighted by atomic mass is 16.6. The second-order valence-electron chi connectivity index (χ2n) is 12.4. The molecule has 0 radical (unpaired) electrons. The Morgan fingerprint density at radius 3 is 2.28 bits per heavy atom. The lowest BCUT2D eigenvalue weighted by Gasteiger charge is -2.54. The van der Waals surface area contributed by atoms with Crippen LogP contribution in [0.25, 0.3) is 11.0 Å². The first kappa shape index (κ1) is 26.5. The van der Waals surface area contributed by atoms with E-state index in [9.17, 15) is 14.7 Å². The Morgan fingerprint density at radius 2 is 1.62 bits per heavy atom. The zero-order valence-electron chi connectivity index (χ0n) is 23.1. The van der Waals surface area contributed by atoms with Gasteiger partial charge < -0.3 is 14.5 Å². The number of carboxylic acid groups (broad SMARTS) is 1. The Balaban J connectivity index is 1.34. The average molecular weight is 535 g/mol. The highest BCUT2D eigenvalue weighted by Crippen LogP contribution is 2.47. The fraction of sp³-hybridized carbons (Fsp3) is 0.677. The molecule has 4 aliphatic rings. The first-order chi connectivity index (χ1) is 19.0. The molecule has 2 saturated carbocycles. The second kappa shape index (κ2) is 11.4. The van der Waals surface area contributed by atoms with E-state index in [0.717, 1.165) is 35.7 Å². The maximum Gasteiger partial charge on any atom is 0.303 e. The van der Waals surface area contributed by atoms with Gasteiger partial charge in [0.1, 0.15) is 12.8 Å². The lowest BCUT2D eigenvalue weighted by atomic mass is 9.73. The molecule has 1 aromatic carbocycles. The van der Waals surface area contributed by atoms with Crippen LogP contribution in [0.15, 0.2) is 34.2 Å². The molecule has 0 spiro atoms. The monoisotopic (exact) mass is 534 g/mol. The minimum atomic E-state index is -0.942. The topological polar surface area (TPSA) is 97.0 Å². The van der Waals surface area contributed by atoms with Crippen LogP contribution in [0.5, 0.6) is 0 Å². The van der Waals surface area contributed by atoms with E-state index < -0.39 is 5.97 Å². The molecule has 3 unspecified atom stereocenters. The molecular formula is C31H42N4O4. The molecule has 2 aromatic rings. The summed E-state index contributed by atoms with van der Waals surface area (Å²) >= 11 is 0. The molecule has 1 N–H and O–H groups in total. The van der Waals surface area contributed by atoms with Gasteiger partial charge in [-0.05, 0) is 68.9 Å². The molecule has 2 saturated heterocycles. The molecule has 4 bridgehead atoms. The highest BCUT2D eigenvalue weighted by Gasteiger charge is 2.45.